The fraction of sp³-hybridized carbons (Fsp3) is 0.500. The Kier molecular flexibility index (Phi) is 3.56. The zero-order valence-electron chi connectivity index (χ0n) is 10.0. The average molecular weight is 256 g/mol. The number of nitrogens with one attached hydrogen (secondary N) is 1. The van der Waals surface area contributed by atoms with E-state index < -0.39 is 17.5 Å². The summed E-state index contributed by atoms with van der Waals surface area (Å²) in [4.78, 5) is 14.7. The lowest BCUT2D eigenvalue weighted by Gasteiger charge is -2.39. The normalized spacial score (nSPS) is 17.1. The Balaban J connectivity index is 1.98. The molecule has 4 nitrogen and oxygen atoms in total. The molecule has 0 unspecified atom stereocenters. The van der Waals surface area contributed by atoms with E-state index in [1.807, 2.05) is 0 Å². The molecule has 0 bridgehead atoms. The zero-order chi connectivity index (χ0) is 13.2. The van der Waals surface area contributed by atoms with E-state index in [0.29, 0.717) is 0 Å². The van der Waals surface area contributed by atoms with E-state index >= 15 is 0 Å². The predicted molar refractivity (Wildman–Crippen MR) is 61.0 cm³/mol. The standard InChI is InChI=1S/C12H14F2N2O2/c1-18-12(5-2-6-12)7-10(17)15-8-3-4-9(13)16-11(8)14/h3-4H,2,5-7H2,1H3,(H,15,17). The van der Waals surface area contributed by atoms with Crippen molar-refractivity contribution in [1.82, 2.24) is 4.98 Å². The number of pyridine rings is 1. The summed E-state index contributed by atoms with van der Waals surface area (Å²) in [5, 5.41) is 2.37. The van der Waals surface area contributed by atoms with Gasteiger partial charge in [0.15, 0.2) is 0 Å². The van der Waals surface area contributed by atoms with Gasteiger partial charge in [0.1, 0.15) is 0 Å². The zero-order valence-corrected chi connectivity index (χ0v) is 10.0. The van der Waals surface area contributed by atoms with Crippen LogP contribution in [0.5, 0.6) is 0 Å². The molecule has 1 N–H and O–H groups in total. The molecule has 0 aliphatic heterocycles. The molecular weight excluding hydrogens is 242 g/mol. The highest BCUT2D eigenvalue weighted by Gasteiger charge is 2.39. The van der Waals surface area contributed by atoms with Crippen LogP contribution >= 0.6 is 0 Å². The number of aromatic nitrogens is 1. The molecule has 0 atom stereocenters. The molecule has 1 aliphatic carbocycles. The topological polar surface area (TPSA) is 51.2 Å². The number of ether oxygens (including phenoxy) is 1. The molecule has 6 heteroatoms. The Hall–Kier alpha value is -1.56. The van der Waals surface area contributed by atoms with Crippen LogP contribution in [0.25, 0.3) is 0 Å². The number of rotatable bonds is 4. The average Bonchev–Trinajstić information content (AvgIpc) is 2.27. The largest absolute Gasteiger partial charge is 0.378 e. The third-order valence-electron chi connectivity index (χ3n) is 3.27. The highest BCUT2D eigenvalue weighted by atomic mass is 19.1. The minimum atomic E-state index is -1.02. The van der Waals surface area contributed by atoms with E-state index in [2.05, 4.69) is 10.3 Å². The van der Waals surface area contributed by atoms with Crippen molar-refractivity contribution in [3.8, 4) is 0 Å². The van der Waals surface area contributed by atoms with E-state index in [-0.39, 0.29) is 18.0 Å². The first-order valence-corrected chi connectivity index (χ1v) is 5.72. The van der Waals surface area contributed by atoms with Crippen molar-refractivity contribution >= 4 is 11.6 Å². The summed E-state index contributed by atoms with van der Waals surface area (Å²) >= 11 is 0. The van der Waals surface area contributed by atoms with Gasteiger partial charge in [0.05, 0.1) is 17.7 Å². The SMILES string of the molecule is COC1(CC(=O)Nc2ccc(F)nc2F)CCC1. The van der Waals surface area contributed by atoms with Gasteiger partial charge >= 0.3 is 0 Å². The lowest BCUT2D eigenvalue weighted by molar-refractivity contribution is -0.129. The van der Waals surface area contributed by atoms with Crippen LogP contribution in [0.1, 0.15) is 25.7 Å². The Morgan fingerprint density at radius 2 is 2.22 bits per heavy atom. The molecule has 1 amide bonds. The van der Waals surface area contributed by atoms with Crippen LogP contribution in [-0.4, -0.2) is 23.6 Å². The van der Waals surface area contributed by atoms with E-state index in [9.17, 15) is 13.6 Å². The second-order valence-electron chi connectivity index (χ2n) is 4.44. The summed E-state index contributed by atoms with van der Waals surface area (Å²) < 4.78 is 31.1. The fourth-order valence-electron chi connectivity index (χ4n) is 2.02. The van der Waals surface area contributed by atoms with Crippen LogP contribution in [0.4, 0.5) is 14.5 Å². The van der Waals surface area contributed by atoms with E-state index in [0.717, 1.165) is 31.4 Å². The first kappa shape index (κ1) is 12.9. The third kappa shape index (κ3) is 2.64. The van der Waals surface area contributed by atoms with Crippen molar-refractivity contribution in [1.29, 1.82) is 0 Å². The van der Waals surface area contributed by atoms with Gasteiger partial charge in [0, 0.05) is 7.11 Å². The first-order chi connectivity index (χ1) is 8.54. The van der Waals surface area contributed by atoms with Crippen LogP contribution in [0.2, 0.25) is 0 Å². The van der Waals surface area contributed by atoms with Crippen LogP contribution in [0, 0.1) is 11.9 Å². The molecule has 1 saturated carbocycles. The van der Waals surface area contributed by atoms with Crippen molar-refractivity contribution in [2.24, 2.45) is 0 Å². The quantitative estimate of drug-likeness (QED) is 0.841. The molecule has 0 spiro atoms. The second-order valence-corrected chi connectivity index (χ2v) is 4.44. The van der Waals surface area contributed by atoms with E-state index in [4.69, 9.17) is 4.74 Å². The third-order valence-corrected chi connectivity index (χ3v) is 3.27. The number of hydrogen-bond donors (Lipinski definition) is 1. The van der Waals surface area contributed by atoms with Crippen molar-refractivity contribution in [3.63, 3.8) is 0 Å². The van der Waals surface area contributed by atoms with E-state index in [1.165, 1.54) is 0 Å². The monoisotopic (exact) mass is 256 g/mol. The molecule has 1 heterocycles. The van der Waals surface area contributed by atoms with Gasteiger partial charge in [-0.2, -0.15) is 13.8 Å². The molecule has 18 heavy (non-hydrogen) atoms. The van der Waals surface area contributed by atoms with Crippen LogP contribution in [-0.2, 0) is 9.53 Å². The molecular formula is C12H14F2N2O2. The van der Waals surface area contributed by atoms with Gasteiger partial charge in [0.25, 0.3) is 0 Å². The Labute approximate surface area is 103 Å². The molecule has 1 aliphatic rings. The number of amides is 1. The minimum Gasteiger partial charge on any atom is -0.378 e. The van der Waals surface area contributed by atoms with Crippen molar-refractivity contribution < 1.29 is 18.3 Å². The number of methoxy groups -OCH3 is 1. The number of hydrogen-bond acceptors (Lipinski definition) is 3. The molecule has 1 aromatic heterocycles. The number of nitrogens with zero attached hydrogens (tertiary/aromatic N) is 1. The van der Waals surface area contributed by atoms with Crippen molar-refractivity contribution in [3.05, 3.63) is 24.0 Å². The van der Waals surface area contributed by atoms with Crippen molar-refractivity contribution in [2.45, 2.75) is 31.3 Å². The predicted octanol–water partition coefficient (Wildman–Crippen LogP) is 2.26. The number of halogens is 2. The molecule has 0 saturated heterocycles. The van der Waals surface area contributed by atoms with Crippen LogP contribution in [0.15, 0.2) is 12.1 Å². The van der Waals surface area contributed by atoms with Gasteiger partial charge in [-0.3, -0.25) is 4.79 Å². The lowest BCUT2D eigenvalue weighted by Crippen LogP contribution is -2.42. The first-order valence-electron chi connectivity index (χ1n) is 5.72. The van der Waals surface area contributed by atoms with Crippen LogP contribution in [0.3, 0.4) is 0 Å². The summed E-state index contributed by atoms with van der Waals surface area (Å²) in [6, 6.07) is 2.14. The van der Waals surface area contributed by atoms with Gasteiger partial charge < -0.3 is 10.1 Å². The molecule has 98 valence electrons. The lowest BCUT2D eigenvalue weighted by atomic mass is 9.77. The highest BCUT2D eigenvalue weighted by Crippen LogP contribution is 2.38. The maximum Gasteiger partial charge on any atom is 0.239 e. The molecule has 1 aromatic rings. The summed E-state index contributed by atoms with van der Waals surface area (Å²) in [5.41, 5.74) is -0.541. The van der Waals surface area contributed by atoms with Crippen LogP contribution < -0.4 is 5.32 Å². The smallest absolute Gasteiger partial charge is 0.239 e. The summed E-state index contributed by atoms with van der Waals surface area (Å²) in [6.07, 6.45) is 2.83. The van der Waals surface area contributed by atoms with Crippen molar-refractivity contribution in [2.75, 3.05) is 12.4 Å². The molecule has 0 radical (unpaired) electrons. The maximum atomic E-state index is 13.2. The van der Waals surface area contributed by atoms with Gasteiger partial charge in [-0.15, -0.1) is 0 Å². The molecule has 2 rings (SSSR count). The Morgan fingerprint density at radius 3 is 2.72 bits per heavy atom. The van der Waals surface area contributed by atoms with Gasteiger partial charge in [-0.1, -0.05) is 0 Å². The number of carbonyl (C=O) groups is 1. The Bertz CT molecular complexity index is 456. The van der Waals surface area contributed by atoms with Gasteiger partial charge in [0.2, 0.25) is 17.8 Å². The summed E-state index contributed by atoms with van der Waals surface area (Å²) in [5.74, 6) is -2.30. The fourth-order valence-corrected chi connectivity index (χ4v) is 2.02. The summed E-state index contributed by atoms with van der Waals surface area (Å²) in [6.45, 7) is 0. The summed E-state index contributed by atoms with van der Waals surface area (Å²) in [7, 11) is 1.56. The number of carbonyl (C=O) groups excluding carboxylic acids is 1. The second kappa shape index (κ2) is 4.97. The maximum absolute atomic E-state index is 13.2. The highest BCUT2D eigenvalue weighted by molar-refractivity contribution is 5.91. The minimum absolute atomic E-state index is 0.119. The Morgan fingerprint density at radius 1 is 1.50 bits per heavy atom. The van der Waals surface area contributed by atoms with E-state index in [1.54, 1.807) is 7.11 Å². The van der Waals surface area contributed by atoms with Gasteiger partial charge in [-0.25, -0.2) is 0 Å². The number of anilines is 1. The molecule has 1 fully saturated rings. The van der Waals surface area contributed by atoms with Gasteiger partial charge in [-0.05, 0) is 31.4 Å². The molecule has 0 aromatic carbocycles.